The third kappa shape index (κ3) is 4.33. The van der Waals surface area contributed by atoms with Crippen LogP contribution in [0.15, 0.2) is 30.3 Å². The molecular weight excluding hydrogens is 238 g/mol. The van der Waals surface area contributed by atoms with E-state index in [4.69, 9.17) is 5.73 Å². The zero-order chi connectivity index (χ0) is 13.7. The molecule has 1 atom stereocenters. The minimum atomic E-state index is 0.0562. The average molecular weight is 261 g/mol. The predicted molar refractivity (Wildman–Crippen MR) is 76.6 cm³/mol. The smallest absolute Gasteiger partial charge is 0.234 e. The van der Waals surface area contributed by atoms with Crippen LogP contribution in [-0.4, -0.2) is 36.5 Å². The molecule has 1 aliphatic heterocycles. The maximum absolute atomic E-state index is 12.0. The van der Waals surface area contributed by atoms with Gasteiger partial charge in [0.1, 0.15) is 0 Å². The van der Waals surface area contributed by atoms with E-state index in [-0.39, 0.29) is 11.9 Å². The van der Waals surface area contributed by atoms with Crippen LogP contribution in [0, 0.1) is 0 Å². The molecule has 0 radical (unpaired) electrons. The fraction of sp³-hybridized carbons (Fsp3) is 0.533. The van der Waals surface area contributed by atoms with Crippen LogP contribution in [0.4, 0.5) is 0 Å². The fourth-order valence-corrected chi connectivity index (χ4v) is 2.43. The highest BCUT2D eigenvalue weighted by molar-refractivity contribution is 5.78. The second-order valence-corrected chi connectivity index (χ2v) is 5.31. The lowest BCUT2D eigenvalue weighted by atomic mass is 10.1. The van der Waals surface area contributed by atoms with Crippen molar-refractivity contribution >= 4 is 5.91 Å². The molecule has 1 amide bonds. The van der Waals surface area contributed by atoms with E-state index < -0.39 is 0 Å². The molecule has 0 spiro atoms. The second-order valence-electron chi connectivity index (χ2n) is 5.31. The number of amides is 1. The van der Waals surface area contributed by atoms with Crippen LogP contribution in [-0.2, 0) is 4.79 Å². The lowest BCUT2D eigenvalue weighted by Gasteiger charge is -2.29. The molecule has 1 aromatic rings. The molecule has 0 aromatic heterocycles. The molecule has 1 fully saturated rings. The molecule has 0 bridgehead atoms. The van der Waals surface area contributed by atoms with Crippen LogP contribution in [0.2, 0.25) is 0 Å². The SMILES string of the molecule is CC(NC(=O)CN1CCC(N)CC1)c1ccccc1. The maximum Gasteiger partial charge on any atom is 0.234 e. The van der Waals surface area contributed by atoms with E-state index >= 15 is 0 Å². The minimum absolute atomic E-state index is 0.0562. The molecule has 1 aromatic carbocycles. The van der Waals surface area contributed by atoms with E-state index in [9.17, 15) is 4.79 Å². The van der Waals surface area contributed by atoms with Gasteiger partial charge < -0.3 is 11.1 Å². The summed E-state index contributed by atoms with van der Waals surface area (Å²) in [5.41, 5.74) is 6.99. The van der Waals surface area contributed by atoms with E-state index in [0.29, 0.717) is 12.6 Å². The van der Waals surface area contributed by atoms with Gasteiger partial charge in [0, 0.05) is 19.1 Å². The van der Waals surface area contributed by atoms with Crippen molar-refractivity contribution in [2.24, 2.45) is 5.73 Å². The molecule has 19 heavy (non-hydrogen) atoms. The summed E-state index contributed by atoms with van der Waals surface area (Å²) in [7, 11) is 0. The number of likely N-dealkylation sites (tertiary alicyclic amines) is 1. The molecule has 4 nitrogen and oxygen atoms in total. The summed E-state index contributed by atoms with van der Waals surface area (Å²) in [5, 5.41) is 3.04. The van der Waals surface area contributed by atoms with Crippen LogP contribution in [0.5, 0.6) is 0 Å². The van der Waals surface area contributed by atoms with Gasteiger partial charge in [-0.05, 0) is 25.3 Å². The largest absolute Gasteiger partial charge is 0.348 e. The Balaban J connectivity index is 1.78. The van der Waals surface area contributed by atoms with Gasteiger partial charge in [0.15, 0.2) is 0 Å². The Morgan fingerprint density at radius 2 is 2.00 bits per heavy atom. The summed E-state index contributed by atoms with van der Waals surface area (Å²) >= 11 is 0. The number of rotatable bonds is 4. The van der Waals surface area contributed by atoms with E-state index in [1.165, 1.54) is 0 Å². The van der Waals surface area contributed by atoms with Gasteiger partial charge in [-0.15, -0.1) is 0 Å². The lowest BCUT2D eigenvalue weighted by molar-refractivity contribution is -0.123. The van der Waals surface area contributed by atoms with Crippen molar-refractivity contribution in [3.05, 3.63) is 35.9 Å². The predicted octanol–water partition coefficient (Wildman–Crippen LogP) is 1.29. The molecule has 2 rings (SSSR count). The zero-order valence-corrected chi connectivity index (χ0v) is 11.5. The molecule has 0 aliphatic carbocycles. The van der Waals surface area contributed by atoms with Crippen molar-refractivity contribution < 1.29 is 4.79 Å². The molecule has 1 unspecified atom stereocenters. The van der Waals surface area contributed by atoms with E-state index in [2.05, 4.69) is 10.2 Å². The van der Waals surface area contributed by atoms with Gasteiger partial charge in [-0.2, -0.15) is 0 Å². The van der Waals surface area contributed by atoms with Crippen LogP contribution < -0.4 is 11.1 Å². The molecule has 0 saturated carbocycles. The van der Waals surface area contributed by atoms with E-state index in [1.807, 2.05) is 37.3 Å². The van der Waals surface area contributed by atoms with Crippen molar-refractivity contribution in [2.75, 3.05) is 19.6 Å². The first-order valence-electron chi connectivity index (χ1n) is 6.97. The first kappa shape index (κ1) is 14.0. The van der Waals surface area contributed by atoms with Crippen molar-refractivity contribution in [3.8, 4) is 0 Å². The van der Waals surface area contributed by atoms with Crippen LogP contribution in [0.3, 0.4) is 0 Å². The van der Waals surface area contributed by atoms with Crippen LogP contribution in [0.25, 0.3) is 0 Å². The Hall–Kier alpha value is -1.39. The Morgan fingerprint density at radius 1 is 1.37 bits per heavy atom. The number of hydrogen-bond donors (Lipinski definition) is 2. The summed E-state index contributed by atoms with van der Waals surface area (Å²) in [4.78, 5) is 14.2. The summed E-state index contributed by atoms with van der Waals surface area (Å²) in [6.45, 7) is 4.34. The Bertz CT molecular complexity index is 399. The standard InChI is InChI=1S/C15H23N3O/c1-12(13-5-3-2-4-6-13)17-15(19)11-18-9-7-14(16)8-10-18/h2-6,12,14H,7-11,16H2,1H3,(H,17,19). The molecule has 1 saturated heterocycles. The molecular formula is C15H23N3O. The highest BCUT2D eigenvalue weighted by atomic mass is 16.2. The molecule has 1 heterocycles. The first-order chi connectivity index (χ1) is 9.15. The minimum Gasteiger partial charge on any atom is -0.348 e. The highest BCUT2D eigenvalue weighted by Crippen LogP contribution is 2.12. The van der Waals surface area contributed by atoms with Gasteiger partial charge in [-0.25, -0.2) is 0 Å². The molecule has 4 heteroatoms. The summed E-state index contributed by atoms with van der Waals surface area (Å²) in [6, 6.07) is 10.4. The van der Waals surface area contributed by atoms with Crippen molar-refractivity contribution in [3.63, 3.8) is 0 Å². The number of nitrogens with two attached hydrogens (primary N) is 1. The number of carbonyl (C=O) groups excluding carboxylic acids is 1. The monoisotopic (exact) mass is 261 g/mol. The van der Waals surface area contributed by atoms with Gasteiger partial charge in [0.25, 0.3) is 0 Å². The van der Waals surface area contributed by atoms with Crippen LogP contribution in [0.1, 0.15) is 31.4 Å². The van der Waals surface area contributed by atoms with Crippen LogP contribution >= 0.6 is 0 Å². The summed E-state index contributed by atoms with van der Waals surface area (Å²) < 4.78 is 0. The number of piperidine rings is 1. The Labute approximate surface area is 115 Å². The molecule has 3 N–H and O–H groups in total. The summed E-state index contributed by atoms with van der Waals surface area (Å²) in [5.74, 6) is 0.0897. The molecule has 104 valence electrons. The first-order valence-corrected chi connectivity index (χ1v) is 6.97. The fourth-order valence-electron chi connectivity index (χ4n) is 2.43. The third-order valence-electron chi connectivity index (χ3n) is 3.68. The van der Waals surface area contributed by atoms with Crippen molar-refractivity contribution in [1.29, 1.82) is 0 Å². The third-order valence-corrected chi connectivity index (χ3v) is 3.68. The number of benzene rings is 1. The topological polar surface area (TPSA) is 58.4 Å². The number of nitrogens with one attached hydrogen (secondary N) is 1. The van der Waals surface area contributed by atoms with Gasteiger partial charge >= 0.3 is 0 Å². The van der Waals surface area contributed by atoms with E-state index in [0.717, 1.165) is 31.5 Å². The highest BCUT2D eigenvalue weighted by Gasteiger charge is 2.19. The van der Waals surface area contributed by atoms with E-state index in [1.54, 1.807) is 0 Å². The normalized spacial score (nSPS) is 19.1. The Kier molecular flexibility index (Phi) is 4.93. The number of hydrogen-bond acceptors (Lipinski definition) is 3. The number of nitrogens with zero attached hydrogens (tertiary/aromatic N) is 1. The zero-order valence-electron chi connectivity index (χ0n) is 11.5. The molecule has 1 aliphatic rings. The maximum atomic E-state index is 12.0. The van der Waals surface area contributed by atoms with Gasteiger partial charge in [0.2, 0.25) is 5.91 Å². The quantitative estimate of drug-likeness (QED) is 0.858. The van der Waals surface area contributed by atoms with Crippen molar-refractivity contribution in [1.82, 2.24) is 10.2 Å². The number of carbonyl (C=O) groups is 1. The lowest BCUT2D eigenvalue weighted by Crippen LogP contribution is -2.44. The second kappa shape index (κ2) is 6.68. The van der Waals surface area contributed by atoms with Crippen molar-refractivity contribution in [2.45, 2.75) is 31.8 Å². The van der Waals surface area contributed by atoms with Gasteiger partial charge in [-0.3, -0.25) is 9.69 Å². The van der Waals surface area contributed by atoms with Gasteiger partial charge in [0.05, 0.1) is 12.6 Å². The summed E-state index contributed by atoms with van der Waals surface area (Å²) in [6.07, 6.45) is 1.98. The average Bonchev–Trinajstić information content (AvgIpc) is 2.42. The Morgan fingerprint density at radius 3 is 2.63 bits per heavy atom. The van der Waals surface area contributed by atoms with Gasteiger partial charge in [-0.1, -0.05) is 30.3 Å².